The Morgan fingerprint density at radius 1 is 1.22 bits per heavy atom. The maximum atomic E-state index is 13.4. The van der Waals surface area contributed by atoms with E-state index in [1.165, 1.54) is 18.6 Å². The molecular formula is C15H22BF2N3O2. The molecule has 8 heteroatoms. The minimum Gasteiger partial charge on any atom is -0.399 e. The van der Waals surface area contributed by atoms with E-state index in [1.807, 2.05) is 27.7 Å². The summed E-state index contributed by atoms with van der Waals surface area (Å²) in [5.74, 6) is 0.217. The molecule has 23 heavy (non-hydrogen) atoms. The van der Waals surface area contributed by atoms with Crippen molar-refractivity contribution in [3.8, 4) is 0 Å². The van der Waals surface area contributed by atoms with E-state index in [2.05, 4.69) is 9.98 Å². The topological polar surface area (TPSA) is 47.0 Å². The van der Waals surface area contributed by atoms with Gasteiger partial charge in [0.25, 0.3) is 6.43 Å². The standard InChI is InChI=1S/C15H22BF2N3O2/c1-14(2)15(3,4)23-16(22-14)11-8-19-12(20-9-21(5)6)7-10(11)13(17)18/h7-9,13H,1-6H3/b20-9+. The van der Waals surface area contributed by atoms with Crippen molar-refractivity contribution in [3.05, 3.63) is 17.8 Å². The van der Waals surface area contributed by atoms with Crippen LogP contribution in [0, 0.1) is 0 Å². The van der Waals surface area contributed by atoms with Crippen molar-refractivity contribution in [2.75, 3.05) is 14.1 Å². The molecule has 0 radical (unpaired) electrons. The second-order valence-electron chi connectivity index (χ2n) is 6.77. The van der Waals surface area contributed by atoms with Gasteiger partial charge in [0.2, 0.25) is 0 Å². The molecule has 1 aliphatic heterocycles. The molecule has 2 heterocycles. The SMILES string of the molecule is CN(C)/C=N/c1cc(C(F)F)c(B2OC(C)(C)C(C)(C)O2)cn1. The van der Waals surface area contributed by atoms with Crippen molar-refractivity contribution in [3.63, 3.8) is 0 Å². The number of alkyl halides is 2. The number of aromatic nitrogens is 1. The van der Waals surface area contributed by atoms with Crippen LogP contribution in [0.1, 0.15) is 39.7 Å². The molecule has 1 saturated heterocycles. The highest BCUT2D eigenvalue weighted by atomic mass is 19.3. The lowest BCUT2D eigenvalue weighted by Gasteiger charge is -2.32. The van der Waals surface area contributed by atoms with Crippen molar-refractivity contribution in [2.24, 2.45) is 4.99 Å². The molecule has 1 aliphatic rings. The van der Waals surface area contributed by atoms with Gasteiger partial charge in [-0.2, -0.15) is 0 Å². The van der Waals surface area contributed by atoms with E-state index >= 15 is 0 Å². The van der Waals surface area contributed by atoms with E-state index in [-0.39, 0.29) is 16.8 Å². The third-order valence-electron chi connectivity index (χ3n) is 4.12. The molecule has 0 spiro atoms. The molecule has 0 atom stereocenters. The highest BCUT2D eigenvalue weighted by molar-refractivity contribution is 6.62. The molecule has 1 aromatic rings. The monoisotopic (exact) mass is 325 g/mol. The normalized spacial score (nSPS) is 19.8. The Morgan fingerprint density at radius 3 is 2.26 bits per heavy atom. The highest BCUT2D eigenvalue weighted by Crippen LogP contribution is 2.37. The Bertz CT molecular complexity index is 590. The minimum atomic E-state index is -2.67. The van der Waals surface area contributed by atoms with E-state index in [4.69, 9.17) is 9.31 Å². The molecule has 0 unspecified atom stereocenters. The fourth-order valence-corrected chi connectivity index (χ4v) is 2.07. The molecule has 126 valence electrons. The van der Waals surface area contributed by atoms with Crippen LogP contribution in [-0.2, 0) is 9.31 Å². The lowest BCUT2D eigenvalue weighted by molar-refractivity contribution is 0.00578. The van der Waals surface area contributed by atoms with Crippen molar-refractivity contribution >= 4 is 24.7 Å². The molecule has 0 N–H and O–H groups in total. The first-order chi connectivity index (χ1) is 10.5. The van der Waals surface area contributed by atoms with Gasteiger partial charge in [-0.05, 0) is 33.8 Å². The molecular weight excluding hydrogens is 303 g/mol. The van der Waals surface area contributed by atoms with Gasteiger partial charge in [-0.15, -0.1) is 0 Å². The van der Waals surface area contributed by atoms with Crippen LogP contribution in [0.15, 0.2) is 17.3 Å². The van der Waals surface area contributed by atoms with Gasteiger partial charge in [0.05, 0.1) is 17.5 Å². The Balaban J connectivity index is 2.36. The summed E-state index contributed by atoms with van der Waals surface area (Å²) >= 11 is 0. The van der Waals surface area contributed by atoms with Gasteiger partial charge in [0, 0.05) is 31.3 Å². The number of pyridine rings is 1. The summed E-state index contributed by atoms with van der Waals surface area (Å²) < 4.78 is 38.6. The van der Waals surface area contributed by atoms with Crippen LogP contribution in [0.25, 0.3) is 0 Å². The smallest absolute Gasteiger partial charge is 0.399 e. The number of hydrogen-bond donors (Lipinski definition) is 0. The van der Waals surface area contributed by atoms with Gasteiger partial charge in [-0.3, -0.25) is 0 Å². The number of halogens is 2. The van der Waals surface area contributed by atoms with Crippen LogP contribution in [0.2, 0.25) is 0 Å². The quantitative estimate of drug-likeness (QED) is 0.485. The van der Waals surface area contributed by atoms with E-state index in [9.17, 15) is 8.78 Å². The first-order valence-electron chi connectivity index (χ1n) is 7.38. The van der Waals surface area contributed by atoms with Crippen molar-refractivity contribution in [2.45, 2.75) is 45.3 Å². The summed E-state index contributed by atoms with van der Waals surface area (Å²) in [5.41, 5.74) is -1.13. The van der Waals surface area contributed by atoms with E-state index in [0.29, 0.717) is 0 Å². The Morgan fingerprint density at radius 2 is 1.78 bits per heavy atom. The average molecular weight is 325 g/mol. The first kappa shape index (κ1) is 17.8. The third-order valence-corrected chi connectivity index (χ3v) is 4.12. The summed E-state index contributed by atoms with van der Waals surface area (Å²) in [5, 5.41) is 0. The zero-order valence-corrected chi connectivity index (χ0v) is 14.3. The minimum absolute atomic E-state index is 0.176. The summed E-state index contributed by atoms with van der Waals surface area (Å²) in [4.78, 5) is 9.86. The molecule has 0 aromatic carbocycles. The predicted molar refractivity (Wildman–Crippen MR) is 86.7 cm³/mol. The van der Waals surface area contributed by atoms with Gasteiger partial charge in [-0.1, -0.05) is 0 Å². The third kappa shape index (κ3) is 3.69. The predicted octanol–water partition coefficient (Wildman–Crippen LogP) is 2.54. The number of rotatable bonds is 4. The summed E-state index contributed by atoms with van der Waals surface area (Å²) in [6, 6.07) is 1.27. The van der Waals surface area contributed by atoms with Crippen LogP contribution in [0.4, 0.5) is 14.6 Å². The highest BCUT2D eigenvalue weighted by Gasteiger charge is 2.52. The largest absolute Gasteiger partial charge is 0.496 e. The molecule has 1 fully saturated rings. The van der Waals surface area contributed by atoms with Crippen LogP contribution in [-0.4, -0.2) is 48.6 Å². The number of aliphatic imine (C=N–C) groups is 1. The Labute approximate surface area is 135 Å². The van der Waals surface area contributed by atoms with Crippen molar-refractivity contribution < 1.29 is 18.1 Å². The van der Waals surface area contributed by atoms with Gasteiger partial charge >= 0.3 is 7.12 Å². The van der Waals surface area contributed by atoms with Crippen LogP contribution < -0.4 is 5.46 Å². The second-order valence-corrected chi connectivity index (χ2v) is 6.77. The Hall–Kier alpha value is -1.54. The maximum Gasteiger partial charge on any atom is 0.496 e. The Kier molecular flexibility index (Phi) is 4.77. The molecule has 0 bridgehead atoms. The van der Waals surface area contributed by atoms with E-state index < -0.39 is 24.7 Å². The molecule has 2 rings (SSSR count). The van der Waals surface area contributed by atoms with Gasteiger partial charge in [0.1, 0.15) is 0 Å². The van der Waals surface area contributed by atoms with E-state index in [0.717, 1.165) is 0 Å². The summed E-state index contributed by atoms with van der Waals surface area (Å²) in [6.45, 7) is 7.49. The number of nitrogens with zero attached hydrogens (tertiary/aromatic N) is 3. The molecule has 5 nitrogen and oxygen atoms in total. The van der Waals surface area contributed by atoms with Crippen molar-refractivity contribution in [1.29, 1.82) is 0 Å². The molecule has 0 amide bonds. The zero-order valence-electron chi connectivity index (χ0n) is 14.3. The molecule has 0 aliphatic carbocycles. The first-order valence-corrected chi connectivity index (χ1v) is 7.38. The summed E-state index contributed by atoms with van der Waals surface area (Å²) in [6.07, 6.45) is 0.193. The fraction of sp³-hybridized carbons (Fsp3) is 0.600. The summed E-state index contributed by atoms with van der Waals surface area (Å²) in [7, 11) is 2.70. The number of hydrogen-bond acceptors (Lipinski definition) is 4. The fourth-order valence-electron chi connectivity index (χ4n) is 2.07. The van der Waals surface area contributed by atoms with Gasteiger partial charge in [-0.25, -0.2) is 18.8 Å². The van der Waals surface area contributed by atoms with Crippen LogP contribution in [0.5, 0.6) is 0 Å². The lowest BCUT2D eigenvalue weighted by Crippen LogP contribution is -2.41. The molecule has 0 saturated carbocycles. The van der Waals surface area contributed by atoms with Crippen LogP contribution >= 0.6 is 0 Å². The maximum absolute atomic E-state index is 13.4. The molecule has 1 aromatic heterocycles. The zero-order chi connectivity index (χ0) is 17.4. The second kappa shape index (κ2) is 6.16. The van der Waals surface area contributed by atoms with Crippen LogP contribution in [0.3, 0.4) is 0 Å². The lowest BCUT2D eigenvalue weighted by atomic mass is 9.77. The van der Waals surface area contributed by atoms with Crippen molar-refractivity contribution in [1.82, 2.24) is 9.88 Å². The van der Waals surface area contributed by atoms with E-state index in [1.54, 1.807) is 19.0 Å². The van der Waals surface area contributed by atoms with Gasteiger partial charge in [0.15, 0.2) is 5.82 Å². The average Bonchev–Trinajstić information content (AvgIpc) is 2.64. The van der Waals surface area contributed by atoms with Gasteiger partial charge < -0.3 is 14.2 Å².